The topological polar surface area (TPSA) is 65.3 Å². The molecule has 2 aliphatic heterocycles. The van der Waals surface area contributed by atoms with E-state index in [9.17, 15) is 0 Å². The fraction of sp³-hybridized carbons (Fsp3) is 0.941. The molecule has 0 aromatic carbocycles. The van der Waals surface area contributed by atoms with E-state index in [1.807, 2.05) is 4.68 Å². The molecule has 0 N–H and O–H groups in total. The Morgan fingerprint density at radius 2 is 2.00 bits per heavy atom. The molecule has 2 atom stereocenters. The van der Waals surface area contributed by atoms with E-state index in [1.54, 1.807) is 0 Å². The zero-order chi connectivity index (χ0) is 16.4. The lowest BCUT2D eigenvalue weighted by Gasteiger charge is -2.36. The van der Waals surface area contributed by atoms with Crippen molar-refractivity contribution in [2.24, 2.45) is 0 Å². The van der Waals surface area contributed by atoms with Crippen molar-refractivity contribution < 1.29 is 9.47 Å². The number of nitrogens with zero attached hydrogens (tertiary/aromatic N) is 5. The summed E-state index contributed by atoms with van der Waals surface area (Å²) < 4.78 is 13.9. The summed E-state index contributed by atoms with van der Waals surface area (Å²) in [7, 11) is 0. The van der Waals surface area contributed by atoms with Gasteiger partial charge in [-0.2, -0.15) is 0 Å². The van der Waals surface area contributed by atoms with Gasteiger partial charge < -0.3 is 9.47 Å². The van der Waals surface area contributed by atoms with Gasteiger partial charge in [-0.1, -0.05) is 0 Å². The van der Waals surface area contributed by atoms with E-state index in [0.29, 0.717) is 18.2 Å². The zero-order valence-electron chi connectivity index (χ0n) is 14.6. The van der Waals surface area contributed by atoms with E-state index in [-0.39, 0.29) is 6.04 Å². The standard InChI is InChI=1S/C17H29N5O2/c1-13(17-18-19-20-22(17)14-5-6-14)21-9-7-15(8-10-21)24-12-16-4-2-3-11-23-16/h13-16H,2-12H2,1H3. The summed E-state index contributed by atoms with van der Waals surface area (Å²) in [6.07, 6.45) is 8.92. The highest BCUT2D eigenvalue weighted by Gasteiger charge is 2.32. The molecule has 1 aliphatic carbocycles. The number of ether oxygens (including phenoxy) is 2. The number of piperidine rings is 1. The molecular weight excluding hydrogens is 306 g/mol. The van der Waals surface area contributed by atoms with Crippen molar-refractivity contribution >= 4 is 0 Å². The third kappa shape index (κ3) is 3.78. The van der Waals surface area contributed by atoms with Gasteiger partial charge in [0, 0.05) is 19.7 Å². The van der Waals surface area contributed by atoms with Crippen molar-refractivity contribution in [3.8, 4) is 0 Å². The van der Waals surface area contributed by atoms with Gasteiger partial charge in [-0.05, 0) is 62.3 Å². The molecule has 7 nitrogen and oxygen atoms in total. The molecule has 1 aromatic heterocycles. The van der Waals surface area contributed by atoms with Crippen LogP contribution in [-0.4, -0.2) is 63.6 Å². The van der Waals surface area contributed by atoms with Crippen LogP contribution in [0.1, 0.15) is 69.8 Å². The molecule has 2 unspecified atom stereocenters. The largest absolute Gasteiger partial charge is 0.376 e. The van der Waals surface area contributed by atoms with Crippen LogP contribution in [0, 0.1) is 0 Å². The minimum Gasteiger partial charge on any atom is -0.376 e. The highest BCUT2D eigenvalue weighted by molar-refractivity contribution is 4.97. The van der Waals surface area contributed by atoms with Crippen LogP contribution < -0.4 is 0 Å². The molecular formula is C17H29N5O2. The third-order valence-corrected chi connectivity index (χ3v) is 5.60. The molecule has 7 heteroatoms. The van der Waals surface area contributed by atoms with E-state index >= 15 is 0 Å². The van der Waals surface area contributed by atoms with Gasteiger partial charge in [0.25, 0.3) is 0 Å². The summed E-state index contributed by atoms with van der Waals surface area (Å²) in [6, 6.07) is 0.817. The van der Waals surface area contributed by atoms with Crippen molar-refractivity contribution in [1.82, 2.24) is 25.1 Å². The van der Waals surface area contributed by atoms with E-state index in [4.69, 9.17) is 9.47 Å². The predicted molar refractivity (Wildman–Crippen MR) is 88.6 cm³/mol. The predicted octanol–water partition coefficient (Wildman–Crippen LogP) is 2.12. The Balaban J connectivity index is 1.24. The molecule has 3 heterocycles. The number of rotatable bonds is 6. The maximum atomic E-state index is 6.12. The third-order valence-electron chi connectivity index (χ3n) is 5.60. The molecule has 24 heavy (non-hydrogen) atoms. The smallest absolute Gasteiger partial charge is 0.168 e. The van der Waals surface area contributed by atoms with Gasteiger partial charge in [0.2, 0.25) is 0 Å². The molecule has 0 spiro atoms. The molecule has 0 bridgehead atoms. The molecule has 3 aliphatic rings. The summed E-state index contributed by atoms with van der Waals surface area (Å²) in [4.78, 5) is 2.49. The summed E-state index contributed by atoms with van der Waals surface area (Å²) in [6.45, 7) is 5.99. The minimum atomic E-state index is 0.281. The SMILES string of the molecule is CC(c1nnnn1C1CC1)N1CCC(OCC2CCCCO2)CC1. The Bertz CT molecular complexity index is 519. The molecule has 4 rings (SSSR count). The van der Waals surface area contributed by atoms with E-state index in [2.05, 4.69) is 27.3 Å². The second-order valence-electron chi connectivity index (χ2n) is 7.45. The first kappa shape index (κ1) is 16.4. The summed E-state index contributed by atoms with van der Waals surface area (Å²) >= 11 is 0. The Morgan fingerprint density at radius 1 is 1.17 bits per heavy atom. The average Bonchev–Trinajstić information content (AvgIpc) is 3.37. The van der Waals surface area contributed by atoms with E-state index in [1.165, 1.54) is 25.7 Å². The molecule has 1 saturated carbocycles. The molecule has 0 amide bonds. The highest BCUT2D eigenvalue weighted by atomic mass is 16.5. The van der Waals surface area contributed by atoms with Gasteiger partial charge in [0.05, 0.1) is 30.9 Å². The van der Waals surface area contributed by atoms with Crippen LogP contribution in [-0.2, 0) is 9.47 Å². The van der Waals surface area contributed by atoms with Crippen LogP contribution in [0.25, 0.3) is 0 Å². The molecule has 0 radical (unpaired) electrons. The number of likely N-dealkylation sites (tertiary alicyclic amines) is 1. The number of hydrogen-bond acceptors (Lipinski definition) is 6. The number of aromatic nitrogens is 4. The van der Waals surface area contributed by atoms with Crippen molar-refractivity contribution in [3.05, 3.63) is 5.82 Å². The van der Waals surface area contributed by atoms with Crippen molar-refractivity contribution in [1.29, 1.82) is 0 Å². The first-order valence-corrected chi connectivity index (χ1v) is 9.56. The van der Waals surface area contributed by atoms with Gasteiger partial charge in [-0.3, -0.25) is 4.90 Å². The van der Waals surface area contributed by atoms with Crippen LogP contribution in [0.3, 0.4) is 0 Å². The zero-order valence-corrected chi connectivity index (χ0v) is 14.6. The van der Waals surface area contributed by atoms with Crippen LogP contribution >= 0.6 is 0 Å². The van der Waals surface area contributed by atoms with Crippen molar-refractivity contribution in [3.63, 3.8) is 0 Å². The summed E-state index contributed by atoms with van der Waals surface area (Å²) in [5.41, 5.74) is 0. The fourth-order valence-electron chi connectivity index (χ4n) is 3.83. The quantitative estimate of drug-likeness (QED) is 0.793. The van der Waals surface area contributed by atoms with Crippen LogP contribution in [0.15, 0.2) is 0 Å². The normalized spacial score (nSPS) is 28.1. The lowest BCUT2D eigenvalue weighted by Crippen LogP contribution is -2.40. The van der Waals surface area contributed by atoms with Gasteiger partial charge in [-0.25, -0.2) is 4.68 Å². The van der Waals surface area contributed by atoms with E-state index in [0.717, 1.165) is 51.4 Å². The van der Waals surface area contributed by atoms with Crippen molar-refractivity contribution in [2.45, 2.75) is 76.2 Å². The second-order valence-corrected chi connectivity index (χ2v) is 7.45. The van der Waals surface area contributed by atoms with Crippen molar-refractivity contribution in [2.75, 3.05) is 26.3 Å². The maximum absolute atomic E-state index is 6.12. The Morgan fingerprint density at radius 3 is 2.71 bits per heavy atom. The lowest BCUT2D eigenvalue weighted by atomic mass is 10.1. The first-order chi connectivity index (χ1) is 11.8. The molecule has 2 saturated heterocycles. The molecule has 3 fully saturated rings. The Kier molecular flexibility index (Phi) is 5.10. The molecule has 134 valence electrons. The lowest BCUT2D eigenvalue weighted by molar-refractivity contribution is -0.0771. The minimum absolute atomic E-state index is 0.281. The average molecular weight is 335 g/mol. The Hall–Kier alpha value is -1.05. The number of hydrogen-bond donors (Lipinski definition) is 0. The summed E-state index contributed by atoms with van der Waals surface area (Å²) in [5, 5.41) is 12.4. The van der Waals surface area contributed by atoms with E-state index < -0.39 is 0 Å². The summed E-state index contributed by atoms with van der Waals surface area (Å²) in [5.74, 6) is 1.02. The maximum Gasteiger partial charge on any atom is 0.168 e. The first-order valence-electron chi connectivity index (χ1n) is 9.56. The van der Waals surface area contributed by atoms with Crippen LogP contribution in [0.4, 0.5) is 0 Å². The monoisotopic (exact) mass is 335 g/mol. The van der Waals surface area contributed by atoms with Gasteiger partial charge >= 0.3 is 0 Å². The van der Waals surface area contributed by atoms with Crippen LogP contribution in [0.5, 0.6) is 0 Å². The van der Waals surface area contributed by atoms with Gasteiger partial charge in [0.15, 0.2) is 5.82 Å². The van der Waals surface area contributed by atoms with Gasteiger partial charge in [0.1, 0.15) is 0 Å². The number of tetrazole rings is 1. The fourth-order valence-corrected chi connectivity index (χ4v) is 3.83. The molecule has 1 aromatic rings. The van der Waals surface area contributed by atoms with Crippen LogP contribution in [0.2, 0.25) is 0 Å². The van der Waals surface area contributed by atoms with Gasteiger partial charge in [-0.15, -0.1) is 5.10 Å². The second kappa shape index (κ2) is 7.45. The highest BCUT2D eigenvalue weighted by Crippen LogP contribution is 2.36. The Labute approximate surface area is 143 Å².